The Morgan fingerprint density at radius 1 is 1.33 bits per heavy atom. The smallest absolute Gasteiger partial charge is 0.311 e. The molecule has 0 radical (unpaired) electrons. The van der Waals surface area contributed by atoms with Crippen LogP contribution in [0.3, 0.4) is 0 Å². The molecule has 1 aromatic rings. The van der Waals surface area contributed by atoms with Gasteiger partial charge in [-0.05, 0) is 37.7 Å². The van der Waals surface area contributed by atoms with Gasteiger partial charge < -0.3 is 10.8 Å². The highest BCUT2D eigenvalue weighted by Gasteiger charge is 2.50. The predicted molar refractivity (Wildman–Crippen MR) is 79.9 cm³/mol. The van der Waals surface area contributed by atoms with Gasteiger partial charge in [-0.15, -0.1) is 0 Å². The number of hydrogen-bond donors (Lipinski definition) is 2. The number of aliphatic carboxylic acids is 1. The van der Waals surface area contributed by atoms with E-state index in [1.165, 1.54) is 32.1 Å². The molecule has 5 nitrogen and oxygen atoms in total. The number of carboxylic acid groups (broad SMARTS) is 1. The Labute approximate surface area is 125 Å². The van der Waals surface area contributed by atoms with Gasteiger partial charge in [0.2, 0.25) is 0 Å². The molecule has 3 rings (SSSR count). The standard InChI is InChI=1S/C16H25N3O2/c17-11-16(15(20)21,12-6-7-12)10-13-8-9-19(18-13)14-4-2-1-3-5-14/h8-9,12,14H,1-7,10-11,17H2,(H,20,21). The second-order valence-electron chi connectivity index (χ2n) is 6.70. The van der Waals surface area contributed by atoms with E-state index in [0.717, 1.165) is 18.5 Å². The van der Waals surface area contributed by atoms with Crippen LogP contribution in [-0.2, 0) is 11.2 Å². The lowest BCUT2D eigenvalue weighted by atomic mass is 9.78. The number of hydrogen-bond acceptors (Lipinski definition) is 3. The molecule has 1 heterocycles. The SMILES string of the molecule is NCC(Cc1ccn(C2CCCCC2)n1)(C(=O)O)C1CC1. The van der Waals surface area contributed by atoms with Crippen molar-refractivity contribution in [2.24, 2.45) is 17.1 Å². The molecule has 5 heteroatoms. The van der Waals surface area contributed by atoms with Gasteiger partial charge in [0, 0.05) is 19.2 Å². The molecule has 0 aliphatic heterocycles. The molecule has 21 heavy (non-hydrogen) atoms. The number of carbonyl (C=O) groups is 1. The molecule has 116 valence electrons. The molecule has 3 N–H and O–H groups in total. The van der Waals surface area contributed by atoms with Gasteiger partial charge in [0.1, 0.15) is 0 Å². The van der Waals surface area contributed by atoms with E-state index < -0.39 is 11.4 Å². The zero-order valence-electron chi connectivity index (χ0n) is 12.5. The molecule has 2 aliphatic rings. The Morgan fingerprint density at radius 2 is 2.05 bits per heavy atom. The first-order chi connectivity index (χ1) is 10.2. The number of carboxylic acids is 1. The molecule has 0 bridgehead atoms. The lowest BCUT2D eigenvalue weighted by molar-refractivity contribution is -0.149. The van der Waals surface area contributed by atoms with Crippen LogP contribution in [0.2, 0.25) is 0 Å². The first-order valence-corrected chi connectivity index (χ1v) is 8.13. The lowest BCUT2D eigenvalue weighted by Gasteiger charge is -2.27. The summed E-state index contributed by atoms with van der Waals surface area (Å²) in [6.45, 7) is 0.198. The Bertz CT molecular complexity index is 503. The van der Waals surface area contributed by atoms with Crippen LogP contribution in [0.1, 0.15) is 56.7 Å². The molecule has 0 spiro atoms. The highest BCUT2D eigenvalue weighted by molar-refractivity contribution is 5.76. The molecular formula is C16H25N3O2. The van der Waals surface area contributed by atoms with Crippen LogP contribution in [0.4, 0.5) is 0 Å². The van der Waals surface area contributed by atoms with Crippen molar-refractivity contribution in [3.05, 3.63) is 18.0 Å². The van der Waals surface area contributed by atoms with Crippen LogP contribution in [0.25, 0.3) is 0 Å². The number of nitrogens with zero attached hydrogens (tertiary/aromatic N) is 2. The Hall–Kier alpha value is -1.36. The van der Waals surface area contributed by atoms with Crippen molar-refractivity contribution >= 4 is 5.97 Å². The fourth-order valence-corrected chi connectivity index (χ4v) is 3.70. The van der Waals surface area contributed by atoms with E-state index in [9.17, 15) is 9.90 Å². The first-order valence-electron chi connectivity index (χ1n) is 8.13. The molecule has 1 atom stereocenters. The zero-order valence-corrected chi connectivity index (χ0v) is 12.5. The second kappa shape index (κ2) is 5.79. The Morgan fingerprint density at radius 3 is 2.62 bits per heavy atom. The van der Waals surface area contributed by atoms with Gasteiger partial charge in [-0.1, -0.05) is 19.3 Å². The van der Waals surface area contributed by atoms with Gasteiger partial charge in [-0.25, -0.2) is 0 Å². The van der Waals surface area contributed by atoms with Crippen molar-refractivity contribution in [3.8, 4) is 0 Å². The van der Waals surface area contributed by atoms with Crippen LogP contribution in [-0.4, -0.2) is 27.4 Å². The quantitative estimate of drug-likeness (QED) is 0.843. The van der Waals surface area contributed by atoms with Crippen LogP contribution < -0.4 is 5.73 Å². The van der Waals surface area contributed by atoms with Crippen LogP contribution in [0, 0.1) is 11.3 Å². The first kappa shape index (κ1) is 14.6. The van der Waals surface area contributed by atoms with Crippen molar-refractivity contribution in [2.75, 3.05) is 6.54 Å². The summed E-state index contributed by atoms with van der Waals surface area (Å²) < 4.78 is 2.05. The van der Waals surface area contributed by atoms with Gasteiger partial charge >= 0.3 is 5.97 Å². The van der Waals surface area contributed by atoms with Crippen LogP contribution in [0.5, 0.6) is 0 Å². The molecule has 0 saturated heterocycles. The molecule has 0 aromatic carbocycles. The number of aromatic nitrogens is 2. The summed E-state index contributed by atoms with van der Waals surface area (Å²) in [5.41, 5.74) is 5.89. The topological polar surface area (TPSA) is 81.1 Å². The summed E-state index contributed by atoms with van der Waals surface area (Å²) in [4.78, 5) is 11.7. The molecule has 1 unspecified atom stereocenters. The van der Waals surface area contributed by atoms with Crippen molar-refractivity contribution < 1.29 is 9.90 Å². The highest BCUT2D eigenvalue weighted by atomic mass is 16.4. The summed E-state index contributed by atoms with van der Waals surface area (Å²) in [5, 5.41) is 14.3. The third-order valence-electron chi connectivity index (χ3n) is 5.26. The van der Waals surface area contributed by atoms with Crippen molar-refractivity contribution in [3.63, 3.8) is 0 Å². The van der Waals surface area contributed by atoms with Crippen molar-refractivity contribution in [2.45, 2.75) is 57.4 Å². The van der Waals surface area contributed by atoms with Crippen LogP contribution in [0.15, 0.2) is 12.3 Å². The minimum atomic E-state index is -0.814. The third-order valence-corrected chi connectivity index (χ3v) is 5.26. The van der Waals surface area contributed by atoms with E-state index in [4.69, 9.17) is 5.73 Å². The Balaban J connectivity index is 1.74. The average Bonchev–Trinajstić information content (AvgIpc) is 3.25. The number of rotatable bonds is 6. The third kappa shape index (κ3) is 2.84. The average molecular weight is 291 g/mol. The van der Waals surface area contributed by atoms with Gasteiger partial charge in [-0.2, -0.15) is 5.10 Å². The summed E-state index contributed by atoms with van der Waals surface area (Å²) in [5.74, 6) is -0.542. The van der Waals surface area contributed by atoms with E-state index in [2.05, 4.69) is 5.10 Å². The van der Waals surface area contributed by atoms with Crippen molar-refractivity contribution in [1.29, 1.82) is 0 Å². The van der Waals surface area contributed by atoms with E-state index in [-0.39, 0.29) is 12.5 Å². The van der Waals surface area contributed by atoms with E-state index in [1.807, 2.05) is 16.9 Å². The van der Waals surface area contributed by atoms with Crippen molar-refractivity contribution in [1.82, 2.24) is 9.78 Å². The molecule has 2 saturated carbocycles. The number of nitrogens with two attached hydrogens (primary N) is 1. The molecule has 2 fully saturated rings. The minimum absolute atomic E-state index is 0.198. The largest absolute Gasteiger partial charge is 0.481 e. The summed E-state index contributed by atoms with van der Waals surface area (Å²) in [6.07, 6.45) is 10.7. The fourth-order valence-electron chi connectivity index (χ4n) is 3.70. The molecular weight excluding hydrogens is 266 g/mol. The van der Waals surface area contributed by atoms with Gasteiger partial charge in [0.15, 0.2) is 0 Å². The fraction of sp³-hybridized carbons (Fsp3) is 0.750. The normalized spacial score (nSPS) is 22.9. The van der Waals surface area contributed by atoms with E-state index >= 15 is 0 Å². The molecule has 2 aliphatic carbocycles. The minimum Gasteiger partial charge on any atom is -0.481 e. The maximum absolute atomic E-state index is 11.7. The predicted octanol–water partition coefficient (Wildman–Crippen LogP) is 2.37. The van der Waals surface area contributed by atoms with E-state index in [1.54, 1.807) is 0 Å². The maximum atomic E-state index is 11.7. The summed E-state index contributed by atoms with van der Waals surface area (Å²) in [7, 11) is 0. The lowest BCUT2D eigenvalue weighted by Crippen LogP contribution is -2.42. The zero-order chi connectivity index (χ0) is 14.9. The molecule has 0 amide bonds. The molecule has 1 aromatic heterocycles. The monoisotopic (exact) mass is 291 g/mol. The summed E-state index contributed by atoms with van der Waals surface area (Å²) in [6, 6.07) is 2.47. The van der Waals surface area contributed by atoms with Gasteiger partial charge in [0.05, 0.1) is 17.2 Å². The van der Waals surface area contributed by atoms with Gasteiger partial charge in [-0.3, -0.25) is 9.48 Å². The van der Waals surface area contributed by atoms with Gasteiger partial charge in [0.25, 0.3) is 0 Å². The second-order valence-corrected chi connectivity index (χ2v) is 6.70. The van der Waals surface area contributed by atoms with E-state index in [0.29, 0.717) is 12.5 Å². The van der Waals surface area contributed by atoms with Crippen LogP contribution >= 0.6 is 0 Å². The summed E-state index contributed by atoms with van der Waals surface area (Å²) >= 11 is 0. The maximum Gasteiger partial charge on any atom is 0.311 e. The Kier molecular flexibility index (Phi) is 4.02. The highest BCUT2D eigenvalue weighted by Crippen LogP contribution is 2.47.